The Labute approximate surface area is 244 Å². The minimum atomic E-state index is -0.482. The molecule has 13 heteroatoms. The lowest BCUT2D eigenvalue weighted by Crippen LogP contribution is -2.38. The monoisotopic (exact) mass is 572 g/mol. The van der Waals surface area contributed by atoms with Gasteiger partial charge in [0.15, 0.2) is 11.6 Å². The Bertz CT molecular complexity index is 1490. The van der Waals surface area contributed by atoms with Crippen molar-refractivity contribution in [3.05, 3.63) is 30.6 Å². The fourth-order valence-corrected chi connectivity index (χ4v) is 5.06. The fraction of sp³-hybridized carbons (Fsp3) is 0.552. The predicted octanol–water partition coefficient (Wildman–Crippen LogP) is 2.76. The van der Waals surface area contributed by atoms with E-state index in [-0.39, 0.29) is 30.4 Å². The van der Waals surface area contributed by atoms with E-state index in [2.05, 4.69) is 36.3 Å². The van der Waals surface area contributed by atoms with Gasteiger partial charge in [0, 0.05) is 44.1 Å². The molecule has 1 aliphatic heterocycles. The molecule has 2 aliphatic carbocycles. The van der Waals surface area contributed by atoms with Gasteiger partial charge in [-0.1, -0.05) is 0 Å². The number of ether oxygens (including phenoxy) is 2. The number of nitrogens with two attached hydrogens (primary N) is 1. The molecule has 42 heavy (non-hydrogen) atoms. The van der Waals surface area contributed by atoms with Crippen molar-refractivity contribution in [2.75, 3.05) is 36.9 Å². The summed E-state index contributed by atoms with van der Waals surface area (Å²) in [7, 11) is 1.92. The number of rotatable bonds is 11. The molecule has 220 valence electrons. The molecule has 3 N–H and O–H groups in total. The number of anilines is 2. The highest BCUT2D eigenvalue weighted by atomic mass is 16.5. The van der Waals surface area contributed by atoms with Crippen LogP contribution in [0.15, 0.2) is 24.8 Å². The molecule has 13 nitrogen and oxygen atoms in total. The average molecular weight is 573 g/mol. The van der Waals surface area contributed by atoms with Crippen LogP contribution in [0.25, 0.3) is 11.3 Å². The maximum Gasteiger partial charge on any atom is 0.322 e. The summed E-state index contributed by atoms with van der Waals surface area (Å²) in [6, 6.07) is 4.32. The molecule has 3 fully saturated rings. The van der Waals surface area contributed by atoms with Crippen LogP contribution in [-0.4, -0.2) is 67.7 Å². The van der Waals surface area contributed by atoms with E-state index in [1.165, 1.54) is 0 Å². The summed E-state index contributed by atoms with van der Waals surface area (Å²) in [5, 5.41) is 12.5. The number of pyridine rings is 1. The third kappa shape index (κ3) is 6.37. The van der Waals surface area contributed by atoms with Crippen molar-refractivity contribution >= 4 is 17.7 Å². The molecular weight excluding hydrogens is 536 g/mol. The molecule has 3 aliphatic rings. The Morgan fingerprint density at radius 1 is 1.19 bits per heavy atom. The van der Waals surface area contributed by atoms with Crippen LogP contribution < -0.4 is 25.4 Å². The second-order valence-corrected chi connectivity index (χ2v) is 11.8. The number of nitrogens with zero attached hydrogens (tertiary/aromatic N) is 8. The summed E-state index contributed by atoms with van der Waals surface area (Å²) in [6.45, 7) is 4.07. The summed E-state index contributed by atoms with van der Waals surface area (Å²) in [5.74, 6) is 1.78. The molecule has 0 radical (unpaired) electrons. The molecule has 0 unspecified atom stereocenters. The van der Waals surface area contributed by atoms with Crippen LogP contribution in [-0.2, 0) is 7.05 Å². The normalized spacial score (nSPS) is 18.6. The number of hydrogen-bond acceptors (Lipinski definition) is 11. The Balaban J connectivity index is 1.10. The van der Waals surface area contributed by atoms with Crippen molar-refractivity contribution < 1.29 is 14.3 Å². The van der Waals surface area contributed by atoms with Crippen LogP contribution in [0.3, 0.4) is 0 Å². The molecular formula is C29H36N10O3. The minimum Gasteiger partial charge on any atom is -0.489 e. The second-order valence-electron chi connectivity index (χ2n) is 11.8. The first kappa shape index (κ1) is 27.7. The number of nitrogens with one attached hydrogen (secondary N) is 1. The molecule has 1 saturated heterocycles. The van der Waals surface area contributed by atoms with Crippen LogP contribution in [0.4, 0.5) is 11.8 Å². The largest absolute Gasteiger partial charge is 0.489 e. The zero-order chi connectivity index (χ0) is 29.3. The van der Waals surface area contributed by atoms with Crippen molar-refractivity contribution in [3.8, 4) is 29.1 Å². The Hall–Kier alpha value is -4.47. The van der Waals surface area contributed by atoms with E-state index in [0.717, 1.165) is 49.8 Å². The van der Waals surface area contributed by atoms with Crippen molar-refractivity contribution in [2.45, 2.75) is 51.5 Å². The summed E-state index contributed by atoms with van der Waals surface area (Å²) in [6.07, 6.45) is 10.8. The molecule has 0 bridgehead atoms. The molecule has 0 aromatic carbocycles. The average Bonchev–Trinajstić information content (AvgIpc) is 3.94. The fourth-order valence-electron chi connectivity index (χ4n) is 5.06. The van der Waals surface area contributed by atoms with Gasteiger partial charge in [-0.3, -0.25) is 4.79 Å². The topological polar surface area (TPSA) is 170 Å². The number of aryl methyl sites for hydroxylation is 1. The number of carbonyl (C=O) groups excluding carboxylic acids is 1. The van der Waals surface area contributed by atoms with Gasteiger partial charge in [-0.05, 0) is 63.4 Å². The molecule has 0 spiro atoms. The summed E-state index contributed by atoms with van der Waals surface area (Å²) in [4.78, 5) is 37.1. The second kappa shape index (κ2) is 11.4. The lowest BCUT2D eigenvalue weighted by atomic mass is 9.98. The number of imidazole rings is 1. The van der Waals surface area contributed by atoms with Crippen LogP contribution >= 0.6 is 0 Å². The number of nitriles is 1. The first-order chi connectivity index (χ1) is 20.3. The zero-order valence-corrected chi connectivity index (χ0v) is 24.0. The van der Waals surface area contributed by atoms with E-state index < -0.39 is 5.41 Å². The molecule has 2 saturated carbocycles. The molecule has 3 aromatic rings. The predicted molar refractivity (Wildman–Crippen MR) is 154 cm³/mol. The van der Waals surface area contributed by atoms with Gasteiger partial charge in [-0.2, -0.15) is 20.2 Å². The number of hydrogen-bond donors (Lipinski definition) is 2. The summed E-state index contributed by atoms with van der Waals surface area (Å²) < 4.78 is 13.8. The van der Waals surface area contributed by atoms with E-state index in [4.69, 9.17) is 15.2 Å². The van der Waals surface area contributed by atoms with Gasteiger partial charge in [0.05, 0.1) is 30.1 Å². The van der Waals surface area contributed by atoms with Gasteiger partial charge >= 0.3 is 6.01 Å². The van der Waals surface area contributed by atoms with Crippen LogP contribution in [0.5, 0.6) is 11.8 Å². The highest BCUT2D eigenvalue weighted by Gasteiger charge is 2.44. The number of amides is 1. The van der Waals surface area contributed by atoms with Crippen molar-refractivity contribution in [2.24, 2.45) is 24.3 Å². The van der Waals surface area contributed by atoms with E-state index in [0.29, 0.717) is 49.0 Å². The molecule has 6 rings (SSSR count). The van der Waals surface area contributed by atoms with E-state index >= 15 is 0 Å². The number of nitrogen functional groups attached to an aromatic ring is 1. The Morgan fingerprint density at radius 3 is 2.64 bits per heavy atom. The number of piperidine rings is 1. The highest BCUT2D eigenvalue weighted by molar-refractivity contribution is 5.91. The maximum atomic E-state index is 13.0. The lowest BCUT2D eigenvalue weighted by molar-refractivity contribution is 0.0923. The quantitative estimate of drug-likeness (QED) is 0.346. The van der Waals surface area contributed by atoms with Gasteiger partial charge in [-0.15, -0.1) is 0 Å². The maximum absolute atomic E-state index is 13.0. The molecule has 3 aromatic heterocycles. The molecule has 1 atom stereocenters. The smallest absolute Gasteiger partial charge is 0.322 e. The minimum absolute atomic E-state index is 0.0329. The first-order valence-corrected chi connectivity index (χ1v) is 14.5. The van der Waals surface area contributed by atoms with Gasteiger partial charge in [0.1, 0.15) is 6.61 Å². The Morgan fingerprint density at radius 2 is 1.98 bits per heavy atom. The first-order valence-electron chi connectivity index (χ1n) is 14.5. The Kier molecular flexibility index (Phi) is 7.53. The van der Waals surface area contributed by atoms with Crippen LogP contribution in [0, 0.1) is 28.6 Å². The number of carbonyl (C=O) groups is 1. The molecule has 1 amide bonds. The van der Waals surface area contributed by atoms with Gasteiger partial charge < -0.3 is 30.0 Å². The number of aromatic nitrogens is 6. The van der Waals surface area contributed by atoms with Gasteiger partial charge in [0.2, 0.25) is 11.8 Å². The SMILES string of the molecule is C[C@H](NC(=O)c1nc(OCC2(C#N)CC2)nc(N2CCC(COc3cc(-c4cn(C)cn4)cnc3N)CC2)n1)C1CC1. The highest BCUT2D eigenvalue weighted by Crippen LogP contribution is 2.45. The third-order valence-corrected chi connectivity index (χ3v) is 8.32. The summed E-state index contributed by atoms with van der Waals surface area (Å²) in [5.41, 5.74) is 7.26. The van der Waals surface area contributed by atoms with E-state index in [9.17, 15) is 10.1 Å². The molecule has 4 heterocycles. The van der Waals surface area contributed by atoms with Crippen molar-refractivity contribution in [1.82, 2.24) is 34.8 Å². The van der Waals surface area contributed by atoms with Gasteiger partial charge in [0.25, 0.3) is 5.91 Å². The van der Waals surface area contributed by atoms with Crippen LogP contribution in [0.1, 0.15) is 56.1 Å². The van der Waals surface area contributed by atoms with Crippen molar-refractivity contribution in [1.29, 1.82) is 5.26 Å². The van der Waals surface area contributed by atoms with Gasteiger partial charge in [-0.25, -0.2) is 9.97 Å². The summed E-state index contributed by atoms with van der Waals surface area (Å²) >= 11 is 0. The third-order valence-electron chi connectivity index (χ3n) is 8.32. The zero-order valence-electron chi connectivity index (χ0n) is 24.0. The van der Waals surface area contributed by atoms with E-state index in [1.54, 1.807) is 12.5 Å². The van der Waals surface area contributed by atoms with E-state index in [1.807, 2.05) is 35.7 Å². The van der Waals surface area contributed by atoms with Crippen LogP contribution in [0.2, 0.25) is 0 Å². The lowest BCUT2D eigenvalue weighted by Gasteiger charge is -2.32. The van der Waals surface area contributed by atoms with Crippen molar-refractivity contribution in [3.63, 3.8) is 0 Å². The standard InChI is InChI=1S/C29H36N10O3/c1-18(20-3-4-20)34-26(40)25-35-27(37-28(36-25)42-16-29(15-30)7-8-29)39-9-5-19(6-10-39)14-41-23-11-21(12-32-24(23)31)22-13-38(2)17-33-22/h11-13,17-20H,3-10,14,16H2,1-2H3,(H2,31,32)(H,34,40)/t18-/m0/s1.